The van der Waals surface area contributed by atoms with Gasteiger partial charge in [0.15, 0.2) is 11.4 Å². The number of benzene rings is 3. The van der Waals surface area contributed by atoms with E-state index in [1.54, 1.807) is 18.9 Å². The van der Waals surface area contributed by atoms with Gasteiger partial charge in [0, 0.05) is 49.2 Å². The van der Waals surface area contributed by atoms with Gasteiger partial charge in [-0.3, -0.25) is 14.6 Å². The van der Waals surface area contributed by atoms with E-state index in [2.05, 4.69) is 35.0 Å². The number of hydrogen-bond donors (Lipinski definition) is 2. The Kier molecular flexibility index (Phi) is 10.7. The van der Waals surface area contributed by atoms with Gasteiger partial charge in [-0.1, -0.05) is 24.3 Å². The van der Waals surface area contributed by atoms with E-state index < -0.39 is 5.97 Å². The van der Waals surface area contributed by atoms with Crippen LogP contribution in [-0.4, -0.2) is 92.2 Å². The first-order chi connectivity index (χ1) is 27.6. The molecule has 2 N–H and O–H groups in total. The number of pyridine rings is 1. The van der Waals surface area contributed by atoms with Gasteiger partial charge in [0.2, 0.25) is 11.8 Å². The van der Waals surface area contributed by atoms with E-state index in [0.29, 0.717) is 65.9 Å². The number of ether oxygens (including phenoxy) is 2. The molecule has 1 aliphatic heterocycles. The maximum absolute atomic E-state index is 11.5. The highest BCUT2D eigenvalue weighted by atomic mass is 16.5. The molecule has 0 bridgehead atoms. The molecule has 1 aliphatic carbocycles. The van der Waals surface area contributed by atoms with Gasteiger partial charge in [-0.05, 0) is 99.0 Å². The molecule has 13 nitrogen and oxygen atoms in total. The van der Waals surface area contributed by atoms with Crippen LogP contribution in [0.5, 0.6) is 11.6 Å². The first kappa shape index (κ1) is 38.1. The zero-order valence-electron chi connectivity index (χ0n) is 32.7. The average Bonchev–Trinajstić information content (AvgIpc) is 3.86. The van der Waals surface area contributed by atoms with Crippen LogP contribution in [0.3, 0.4) is 0 Å². The molecule has 57 heavy (non-hydrogen) atoms. The Morgan fingerprint density at radius 2 is 1.72 bits per heavy atom. The van der Waals surface area contributed by atoms with Crippen LogP contribution in [0.1, 0.15) is 60.8 Å². The Hall–Kier alpha value is -5.81. The predicted molar refractivity (Wildman–Crippen MR) is 215 cm³/mol. The molecule has 0 radical (unpaired) electrons. The molecular formula is C44H47N7O6. The minimum absolute atomic E-state index is 0.257. The molecule has 2 aliphatic rings. The number of nitriles is 1. The summed E-state index contributed by atoms with van der Waals surface area (Å²) in [7, 11) is 5.31. The first-order valence-electron chi connectivity index (χ1n) is 19.5. The Balaban J connectivity index is 1.09. The van der Waals surface area contributed by atoms with Crippen molar-refractivity contribution in [3.8, 4) is 46.1 Å². The molecule has 2 fully saturated rings. The molecule has 8 rings (SSSR count). The third-order valence-electron chi connectivity index (χ3n) is 11.8. The fraction of sp³-hybridized carbons (Fsp3) is 0.386. The second-order valence-electron chi connectivity index (χ2n) is 15.3. The second-order valence-corrected chi connectivity index (χ2v) is 15.3. The van der Waals surface area contributed by atoms with Crippen molar-refractivity contribution in [3.63, 3.8) is 0 Å². The molecular weight excluding hydrogens is 723 g/mol. The summed E-state index contributed by atoms with van der Waals surface area (Å²) in [6.07, 6.45) is 6.08. The van der Waals surface area contributed by atoms with Crippen molar-refractivity contribution in [1.29, 1.82) is 5.26 Å². The van der Waals surface area contributed by atoms with Gasteiger partial charge in [-0.15, -0.1) is 0 Å². The predicted octanol–water partition coefficient (Wildman–Crippen LogP) is 7.12. The fourth-order valence-electron chi connectivity index (χ4n) is 8.61. The third-order valence-corrected chi connectivity index (χ3v) is 11.8. The Morgan fingerprint density at radius 3 is 2.44 bits per heavy atom. The van der Waals surface area contributed by atoms with Gasteiger partial charge in [0.1, 0.15) is 17.3 Å². The molecule has 1 saturated heterocycles. The van der Waals surface area contributed by atoms with Crippen molar-refractivity contribution in [3.05, 3.63) is 83.0 Å². The molecule has 13 heteroatoms. The Bertz CT molecular complexity index is 2460. The van der Waals surface area contributed by atoms with E-state index in [1.165, 1.54) is 0 Å². The van der Waals surface area contributed by atoms with E-state index in [-0.39, 0.29) is 18.1 Å². The summed E-state index contributed by atoms with van der Waals surface area (Å²) in [5.41, 5.74) is 7.93. The first-order valence-corrected chi connectivity index (χ1v) is 19.5. The number of aliphatic hydroxyl groups excluding tert-OH is 1. The molecule has 1 saturated carbocycles. The third kappa shape index (κ3) is 7.44. The smallest absolute Gasteiger partial charge is 0.306 e. The van der Waals surface area contributed by atoms with Crippen molar-refractivity contribution in [2.45, 2.75) is 70.7 Å². The van der Waals surface area contributed by atoms with Gasteiger partial charge in [0.25, 0.3) is 0 Å². The lowest BCUT2D eigenvalue weighted by Gasteiger charge is -2.33. The highest BCUT2D eigenvalue weighted by Crippen LogP contribution is 2.39. The number of likely N-dealkylation sites (tertiary alicyclic amines) is 1. The molecule has 0 unspecified atom stereocenters. The number of aliphatic carboxylic acids is 1. The van der Waals surface area contributed by atoms with Gasteiger partial charge < -0.3 is 24.1 Å². The molecule has 294 valence electrons. The number of carbonyl (C=O) groups is 1. The molecule has 3 aromatic carbocycles. The number of nitrogens with zero attached hydrogens (tertiary/aromatic N) is 7. The normalized spacial score (nSPS) is 18.0. The molecule has 0 spiro atoms. The fourth-order valence-corrected chi connectivity index (χ4v) is 8.61. The van der Waals surface area contributed by atoms with Crippen LogP contribution in [0.25, 0.3) is 50.4 Å². The van der Waals surface area contributed by atoms with Crippen molar-refractivity contribution in [2.24, 2.45) is 5.92 Å². The van der Waals surface area contributed by atoms with Crippen molar-refractivity contribution < 1.29 is 28.9 Å². The van der Waals surface area contributed by atoms with Crippen molar-refractivity contribution in [2.75, 3.05) is 34.4 Å². The topological polar surface area (TPSA) is 163 Å². The number of rotatable bonds is 11. The van der Waals surface area contributed by atoms with Crippen LogP contribution in [0.2, 0.25) is 0 Å². The highest BCUT2D eigenvalue weighted by molar-refractivity contribution is 5.97. The van der Waals surface area contributed by atoms with Crippen LogP contribution in [-0.2, 0) is 17.9 Å². The van der Waals surface area contributed by atoms with E-state index in [9.17, 15) is 20.3 Å². The molecule has 4 heterocycles. The van der Waals surface area contributed by atoms with E-state index >= 15 is 0 Å². The summed E-state index contributed by atoms with van der Waals surface area (Å²) in [5, 5.41) is 35.3. The number of aliphatic hydroxyl groups is 1. The number of hydrogen-bond acceptors (Lipinski definition) is 11. The maximum Gasteiger partial charge on any atom is 0.306 e. The SMILES string of the molecule is COc1cc(-n2ncc3c(-c4cccc(-c5nc6cc(CN(C)C7CCC(C(=O)O)CC7)cc(C#N)c6o5)c4C)cccc32)nc(OC)c1CN1CCC(O)CC1. The quantitative estimate of drug-likeness (QED) is 0.137. The maximum atomic E-state index is 11.5. The minimum atomic E-state index is -0.708. The Morgan fingerprint density at radius 1 is 0.982 bits per heavy atom. The van der Waals surface area contributed by atoms with Crippen LogP contribution < -0.4 is 9.47 Å². The summed E-state index contributed by atoms with van der Waals surface area (Å²) >= 11 is 0. The lowest BCUT2D eigenvalue weighted by atomic mass is 9.85. The second kappa shape index (κ2) is 16.0. The van der Waals surface area contributed by atoms with E-state index in [0.717, 1.165) is 83.1 Å². The average molecular weight is 770 g/mol. The number of aromatic nitrogens is 4. The monoisotopic (exact) mass is 769 g/mol. The van der Waals surface area contributed by atoms with Crippen molar-refractivity contribution in [1.82, 2.24) is 29.5 Å². The van der Waals surface area contributed by atoms with E-state index in [1.807, 2.05) is 55.6 Å². The van der Waals surface area contributed by atoms with Gasteiger partial charge in [0.05, 0.1) is 49.1 Å². The number of fused-ring (bicyclic) bond motifs is 2. The van der Waals surface area contributed by atoms with Crippen LogP contribution in [0.4, 0.5) is 0 Å². The molecule has 0 amide bonds. The van der Waals surface area contributed by atoms with Crippen LogP contribution >= 0.6 is 0 Å². The number of carboxylic acids is 1. The summed E-state index contributed by atoms with van der Waals surface area (Å²) in [5.74, 6) is 1.15. The van der Waals surface area contributed by atoms with Gasteiger partial charge in [-0.25, -0.2) is 9.67 Å². The number of methoxy groups -OCH3 is 2. The number of carboxylic acid groups (broad SMARTS) is 1. The van der Waals surface area contributed by atoms with E-state index in [4.69, 9.17) is 29.0 Å². The standard InChI is InChI=1S/C44H47N7O6/c1-26-32(7-5-8-33(26)43-47-37-20-27(19-29(22-45)41(37)57-43)24-49(2)30-13-11-28(12-14-30)44(53)54)34-9-6-10-38-35(34)23-46-51(38)40-21-39(55-3)36(42(48-40)56-4)25-50-17-15-31(52)16-18-50/h5-10,19-21,23,28,30-31,52H,11-18,24-25H2,1-4H3,(H,53,54). The van der Waals surface area contributed by atoms with Gasteiger partial charge >= 0.3 is 5.97 Å². The lowest BCUT2D eigenvalue weighted by molar-refractivity contribution is -0.143. The number of oxazole rings is 1. The zero-order chi connectivity index (χ0) is 39.8. The molecule has 3 aromatic heterocycles. The van der Waals surface area contributed by atoms with Crippen LogP contribution in [0.15, 0.2) is 65.2 Å². The van der Waals surface area contributed by atoms with Crippen LogP contribution in [0, 0.1) is 24.2 Å². The van der Waals surface area contributed by atoms with Crippen molar-refractivity contribution >= 4 is 28.0 Å². The molecule has 0 atom stereocenters. The van der Waals surface area contributed by atoms with Gasteiger partial charge in [-0.2, -0.15) is 15.3 Å². The molecule has 6 aromatic rings. The highest BCUT2D eigenvalue weighted by Gasteiger charge is 2.29. The summed E-state index contributed by atoms with van der Waals surface area (Å²) in [6, 6.07) is 20.5. The Labute approximate surface area is 331 Å². The largest absolute Gasteiger partial charge is 0.496 e. The summed E-state index contributed by atoms with van der Waals surface area (Å²) < 4.78 is 19.8. The summed E-state index contributed by atoms with van der Waals surface area (Å²) in [4.78, 5) is 25.8. The lowest BCUT2D eigenvalue weighted by Crippen LogP contribution is -2.36. The minimum Gasteiger partial charge on any atom is -0.496 e. The zero-order valence-corrected chi connectivity index (χ0v) is 32.7. The number of piperidine rings is 1. The summed E-state index contributed by atoms with van der Waals surface area (Å²) in [6.45, 7) is 4.84.